The van der Waals surface area contributed by atoms with E-state index in [2.05, 4.69) is 76.5 Å². The van der Waals surface area contributed by atoms with Crippen molar-refractivity contribution in [2.75, 3.05) is 17.8 Å². The summed E-state index contributed by atoms with van der Waals surface area (Å²) in [7, 11) is 0. The van der Waals surface area contributed by atoms with Gasteiger partial charge in [0.25, 0.3) is 0 Å². The van der Waals surface area contributed by atoms with Gasteiger partial charge in [0.05, 0.1) is 5.52 Å². The molecule has 1 aliphatic rings. The van der Waals surface area contributed by atoms with Gasteiger partial charge < -0.3 is 9.47 Å². The molecule has 5 rings (SSSR count). The molecule has 154 valence electrons. The van der Waals surface area contributed by atoms with Crippen LogP contribution in [0.15, 0.2) is 66.9 Å². The SMILES string of the molecule is CCl.Cc1cc2c(N3CCc4ccccc4C3)nccc2n1Cc1ccc(Cl)cc1. The van der Waals surface area contributed by atoms with E-state index in [9.17, 15) is 0 Å². The number of aryl methyl sites for hydroxylation is 1. The van der Waals surface area contributed by atoms with Gasteiger partial charge in [0.15, 0.2) is 0 Å². The Labute approximate surface area is 187 Å². The summed E-state index contributed by atoms with van der Waals surface area (Å²) >= 11 is 10.7. The van der Waals surface area contributed by atoms with Gasteiger partial charge in [0.2, 0.25) is 0 Å². The molecule has 0 bridgehead atoms. The fourth-order valence-electron chi connectivity index (χ4n) is 4.21. The van der Waals surface area contributed by atoms with Gasteiger partial charge in [-0.15, -0.1) is 11.6 Å². The van der Waals surface area contributed by atoms with Crippen molar-refractivity contribution in [2.45, 2.75) is 26.4 Å². The highest BCUT2D eigenvalue weighted by Crippen LogP contribution is 2.31. The number of benzene rings is 2. The average molecular weight is 438 g/mol. The molecule has 0 spiro atoms. The van der Waals surface area contributed by atoms with Crippen LogP contribution in [0.5, 0.6) is 0 Å². The van der Waals surface area contributed by atoms with E-state index < -0.39 is 0 Å². The third-order valence-corrected chi connectivity index (χ3v) is 5.95. The quantitative estimate of drug-likeness (QED) is 0.342. The fourth-order valence-corrected chi connectivity index (χ4v) is 4.34. The zero-order valence-corrected chi connectivity index (χ0v) is 18.8. The summed E-state index contributed by atoms with van der Waals surface area (Å²) in [5, 5.41) is 2.00. The molecule has 0 saturated carbocycles. The van der Waals surface area contributed by atoms with Gasteiger partial charge in [-0.1, -0.05) is 48.0 Å². The van der Waals surface area contributed by atoms with Crippen molar-refractivity contribution >= 4 is 39.9 Å². The molecule has 0 amide bonds. The number of alkyl halides is 1. The maximum absolute atomic E-state index is 6.04. The summed E-state index contributed by atoms with van der Waals surface area (Å²) in [6.45, 7) is 4.93. The van der Waals surface area contributed by atoms with Crippen molar-refractivity contribution < 1.29 is 0 Å². The molecule has 3 heterocycles. The maximum atomic E-state index is 6.04. The second kappa shape index (κ2) is 9.11. The van der Waals surface area contributed by atoms with E-state index >= 15 is 0 Å². The zero-order chi connectivity index (χ0) is 21.1. The topological polar surface area (TPSA) is 21.1 Å². The molecule has 4 aromatic rings. The standard InChI is InChI=1S/C24H22ClN3.CH3Cl/c1-17-14-22-23(28(17)15-18-6-8-21(25)9-7-18)10-12-26-24(22)27-13-11-19-4-2-3-5-20(19)16-27;1-2/h2-10,12,14H,11,13,15-16H2,1H3;1H3. The van der Waals surface area contributed by atoms with Gasteiger partial charge in [-0.05, 0) is 54.3 Å². The molecule has 0 N–H and O–H groups in total. The smallest absolute Gasteiger partial charge is 0.138 e. The number of anilines is 1. The molecule has 3 nitrogen and oxygen atoms in total. The summed E-state index contributed by atoms with van der Waals surface area (Å²) in [5.41, 5.74) is 6.59. The molecule has 0 fully saturated rings. The first-order chi connectivity index (χ1) is 14.7. The zero-order valence-electron chi connectivity index (χ0n) is 17.3. The Morgan fingerprint density at radius 2 is 1.70 bits per heavy atom. The van der Waals surface area contributed by atoms with Crippen LogP contribution in [0.3, 0.4) is 0 Å². The molecule has 2 aromatic carbocycles. The average Bonchev–Trinajstić information content (AvgIpc) is 3.11. The number of pyridine rings is 1. The first-order valence-corrected chi connectivity index (χ1v) is 11.2. The second-order valence-corrected chi connectivity index (χ2v) is 7.94. The van der Waals surface area contributed by atoms with Crippen molar-refractivity contribution in [3.8, 4) is 0 Å². The van der Waals surface area contributed by atoms with Crippen LogP contribution in [0.25, 0.3) is 10.9 Å². The number of rotatable bonds is 3. The molecule has 0 aliphatic carbocycles. The van der Waals surface area contributed by atoms with Crippen LogP contribution in [0.1, 0.15) is 22.4 Å². The lowest BCUT2D eigenvalue weighted by atomic mass is 10.00. The van der Waals surface area contributed by atoms with Crippen LogP contribution in [-0.2, 0) is 19.5 Å². The Morgan fingerprint density at radius 3 is 2.47 bits per heavy atom. The number of hydrogen-bond acceptors (Lipinski definition) is 2. The summed E-state index contributed by atoms with van der Waals surface area (Å²) in [4.78, 5) is 7.19. The van der Waals surface area contributed by atoms with Gasteiger partial charge in [0.1, 0.15) is 5.82 Å². The Bertz CT molecular complexity index is 1150. The van der Waals surface area contributed by atoms with Crippen molar-refractivity contribution in [3.05, 3.63) is 94.3 Å². The van der Waals surface area contributed by atoms with Crippen LogP contribution < -0.4 is 4.90 Å². The minimum Gasteiger partial charge on any atom is -0.351 e. The lowest BCUT2D eigenvalue weighted by molar-refractivity contribution is 0.724. The van der Waals surface area contributed by atoms with Crippen molar-refractivity contribution in [1.82, 2.24) is 9.55 Å². The number of halogens is 2. The molecular weight excluding hydrogens is 413 g/mol. The predicted octanol–water partition coefficient (Wildman–Crippen LogP) is 6.46. The number of fused-ring (bicyclic) bond motifs is 2. The fraction of sp³-hybridized carbons (Fsp3) is 0.240. The summed E-state index contributed by atoms with van der Waals surface area (Å²) in [6.07, 6.45) is 4.48. The van der Waals surface area contributed by atoms with Gasteiger partial charge in [-0.25, -0.2) is 4.98 Å². The summed E-state index contributed by atoms with van der Waals surface area (Å²) in [6, 6.07) is 21.2. The van der Waals surface area contributed by atoms with E-state index in [1.165, 1.54) is 39.7 Å². The molecule has 1 aliphatic heterocycles. The van der Waals surface area contributed by atoms with E-state index in [0.29, 0.717) is 0 Å². The second-order valence-electron chi connectivity index (χ2n) is 7.51. The molecule has 0 atom stereocenters. The molecule has 5 heteroatoms. The van der Waals surface area contributed by atoms with E-state index in [1.54, 1.807) is 0 Å². The third-order valence-electron chi connectivity index (χ3n) is 5.70. The van der Waals surface area contributed by atoms with Crippen molar-refractivity contribution in [3.63, 3.8) is 0 Å². The highest BCUT2D eigenvalue weighted by Gasteiger charge is 2.20. The first kappa shape index (κ1) is 20.8. The van der Waals surface area contributed by atoms with Gasteiger partial charge in [-0.3, -0.25) is 0 Å². The van der Waals surface area contributed by atoms with Crippen molar-refractivity contribution in [1.29, 1.82) is 0 Å². The lowest BCUT2D eigenvalue weighted by Gasteiger charge is -2.30. The summed E-state index contributed by atoms with van der Waals surface area (Å²) in [5.74, 6) is 1.09. The lowest BCUT2D eigenvalue weighted by Crippen LogP contribution is -2.31. The highest BCUT2D eigenvalue weighted by atomic mass is 35.5. The first-order valence-electron chi connectivity index (χ1n) is 10.1. The number of nitrogens with zero attached hydrogens (tertiary/aromatic N) is 3. The molecule has 0 saturated heterocycles. The molecule has 2 aromatic heterocycles. The Morgan fingerprint density at radius 1 is 0.967 bits per heavy atom. The Kier molecular flexibility index (Phi) is 6.31. The molecule has 0 unspecified atom stereocenters. The van der Waals surface area contributed by atoms with Crippen LogP contribution in [0, 0.1) is 6.92 Å². The normalized spacial score (nSPS) is 13.0. The van der Waals surface area contributed by atoms with Crippen LogP contribution in [0.2, 0.25) is 5.02 Å². The van der Waals surface area contributed by atoms with Crippen LogP contribution >= 0.6 is 23.2 Å². The number of hydrogen-bond donors (Lipinski definition) is 0. The number of aromatic nitrogens is 2. The van der Waals surface area contributed by atoms with Gasteiger partial charge in [-0.2, -0.15) is 0 Å². The molecular formula is C25H25Cl2N3. The van der Waals surface area contributed by atoms with Crippen LogP contribution in [-0.4, -0.2) is 22.5 Å². The monoisotopic (exact) mass is 437 g/mol. The van der Waals surface area contributed by atoms with E-state index in [-0.39, 0.29) is 0 Å². The van der Waals surface area contributed by atoms with Crippen LogP contribution in [0.4, 0.5) is 5.82 Å². The van der Waals surface area contributed by atoms with E-state index in [0.717, 1.165) is 36.9 Å². The van der Waals surface area contributed by atoms with Gasteiger partial charge in [0, 0.05) is 48.3 Å². The Balaban J connectivity index is 0.00000106. The minimum atomic E-state index is 0.773. The largest absolute Gasteiger partial charge is 0.351 e. The van der Waals surface area contributed by atoms with Crippen molar-refractivity contribution in [2.24, 2.45) is 0 Å². The van der Waals surface area contributed by atoms with E-state index in [1.807, 2.05) is 18.3 Å². The molecule has 0 radical (unpaired) electrons. The predicted molar refractivity (Wildman–Crippen MR) is 128 cm³/mol. The highest BCUT2D eigenvalue weighted by molar-refractivity contribution is 6.30. The Hall–Kier alpha value is -2.49. The van der Waals surface area contributed by atoms with E-state index in [4.69, 9.17) is 16.6 Å². The molecule has 30 heavy (non-hydrogen) atoms. The minimum absolute atomic E-state index is 0.773. The summed E-state index contributed by atoms with van der Waals surface area (Å²) < 4.78 is 2.36. The third kappa shape index (κ3) is 4.05. The maximum Gasteiger partial charge on any atom is 0.138 e. The van der Waals surface area contributed by atoms with Gasteiger partial charge >= 0.3 is 0 Å².